The molecule has 1 aliphatic heterocycles. The van der Waals surface area contributed by atoms with Gasteiger partial charge in [0, 0.05) is 6.42 Å². The maximum absolute atomic E-state index is 13.4. The van der Waals surface area contributed by atoms with Crippen molar-refractivity contribution in [2.45, 2.75) is 32.1 Å². The lowest BCUT2D eigenvalue weighted by Crippen LogP contribution is -2.20. The van der Waals surface area contributed by atoms with Gasteiger partial charge in [-0.3, -0.25) is 0 Å². The molecule has 0 aliphatic carbocycles. The lowest BCUT2D eigenvalue weighted by atomic mass is 10.1. The molecular weight excluding hydrogens is 329 g/mol. The summed E-state index contributed by atoms with van der Waals surface area (Å²) in [7, 11) is 0. The van der Waals surface area contributed by atoms with Gasteiger partial charge in [0.1, 0.15) is 5.75 Å². The van der Waals surface area contributed by atoms with Crippen LogP contribution in [0.2, 0.25) is 0 Å². The van der Waals surface area contributed by atoms with E-state index in [4.69, 9.17) is 9.47 Å². The monoisotopic (exact) mass is 357 g/mol. The van der Waals surface area contributed by atoms with E-state index in [-0.39, 0.29) is 5.82 Å². The smallest absolute Gasteiger partial charge is 0.165 e. The fourth-order valence-corrected chi connectivity index (χ4v) is 3.26. The number of likely N-dealkylation sites (tertiary alicyclic amines) is 1. The van der Waals surface area contributed by atoms with Crippen molar-refractivity contribution in [1.82, 2.24) is 4.90 Å². The van der Waals surface area contributed by atoms with E-state index < -0.39 is 0 Å². The minimum atomic E-state index is -0.325. The Morgan fingerprint density at radius 2 is 1.58 bits per heavy atom. The van der Waals surface area contributed by atoms with Crippen LogP contribution < -0.4 is 9.47 Å². The molecule has 2 aromatic rings. The maximum atomic E-state index is 13.4. The fraction of sp³-hybridized carbons (Fsp3) is 0.455. The number of benzene rings is 2. The quantitative estimate of drug-likeness (QED) is 0.575. The standard InChI is InChI=1S/C22H28FNO2/c23-21-8-1-2-9-22(21)26-18-6-17-25-20-12-10-19(11-13-20)7-5-16-24-14-3-4-15-24/h1-2,8-13H,3-7,14-18H2. The number of para-hydroxylation sites is 1. The zero-order valence-electron chi connectivity index (χ0n) is 15.3. The van der Waals surface area contributed by atoms with Crippen LogP contribution in [0.4, 0.5) is 4.39 Å². The van der Waals surface area contributed by atoms with Crippen LogP contribution in [0.1, 0.15) is 31.2 Å². The summed E-state index contributed by atoms with van der Waals surface area (Å²) in [6.07, 6.45) is 5.77. The van der Waals surface area contributed by atoms with Gasteiger partial charge in [-0.15, -0.1) is 0 Å². The summed E-state index contributed by atoms with van der Waals surface area (Å²) >= 11 is 0. The molecule has 3 nitrogen and oxygen atoms in total. The van der Waals surface area contributed by atoms with E-state index >= 15 is 0 Å². The largest absolute Gasteiger partial charge is 0.493 e. The molecule has 140 valence electrons. The Hall–Kier alpha value is -2.07. The first-order valence-corrected chi connectivity index (χ1v) is 9.63. The number of hydrogen-bond donors (Lipinski definition) is 0. The first-order valence-electron chi connectivity index (χ1n) is 9.63. The maximum Gasteiger partial charge on any atom is 0.165 e. The van der Waals surface area contributed by atoms with Crippen LogP contribution in [0, 0.1) is 5.82 Å². The highest BCUT2D eigenvalue weighted by Crippen LogP contribution is 2.17. The number of nitrogens with zero attached hydrogens (tertiary/aromatic N) is 1. The Labute approximate surface area is 155 Å². The fourth-order valence-electron chi connectivity index (χ4n) is 3.26. The van der Waals surface area contributed by atoms with Gasteiger partial charge in [-0.05, 0) is 75.1 Å². The van der Waals surface area contributed by atoms with E-state index in [0.29, 0.717) is 25.4 Å². The van der Waals surface area contributed by atoms with Gasteiger partial charge in [0.2, 0.25) is 0 Å². The van der Waals surface area contributed by atoms with E-state index in [1.54, 1.807) is 18.2 Å². The Morgan fingerprint density at radius 1 is 0.846 bits per heavy atom. The first kappa shape index (κ1) is 18.7. The Bertz CT molecular complexity index is 653. The summed E-state index contributed by atoms with van der Waals surface area (Å²) in [6, 6.07) is 14.8. The normalized spacial score (nSPS) is 14.5. The predicted molar refractivity (Wildman–Crippen MR) is 102 cm³/mol. The van der Waals surface area contributed by atoms with Crippen LogP contribution in [0.15, 0.2) is 48.5 Å². The van der Waals surface area contributed by atoms with Gasteiger partial charge in [-0.25, -0.2) is 4.39 Å². The molecular formula is C22H28FNO2. The highest BCUT2D eigenvalue weighted by molar-refractivity contribution is 5.27. The number of ether oxygens (including phenoxy) is 2. The summed E-state index contributed by atoms with van der Waals surface area (Å²) in [5.74, 6) is 0.846. The SMILES string of the molecule is Fc1ccccc1OCCCOc1ccc(CCCN2CCCC2)cc1. The topological polar surface area (TPSA) is 21.7 Å². The lowest BCUT2D eigenvalue weighted by Gasteiger charge is -2.14. The molecule has 4 heteroatoms. The molecule has 0 spiro atoms. The molecule has 0 amide bonds. The third-order valence-electron chi connectivity index (χ3n) is 4.71. The molecule has 0 saturated carbocycles. The van der Waals surface area contributed by atoms with Crippen molar-refractivity contribution in [3.05, 3.63) is 59.9 Å². The molecule has 1 fully saturated rings. The van der Waals surface area contributed by atoms with Crippen molar-refractivity contribution >= 4 is 0 Å². The van der Waals surface area contributed by atoms with Crippen molar-refractivity contribution in [3.63, 3.8) is 0 Å². The van der Waals surface area contributed by atoms with Gasteiger partial charge in [0.25, 0.3) is 0 Å². The molecule has 0 N–H and O–H groups in total. The second kappa shape index (κ2) is 10.2. The molecule has 0 radical (unpaired) electrons. The molecule has 0 unspecified atom stereocenters. The Morgan fingerprint density at radius 3 is 2.35 bits per heavy atom. The average molecular weight is 357 g/mol. The van der Waals surface area contributed by atoms with Crippen LogP contribution >= 0.6 is 0 Å². The Kier molecular flexibility index (Phi) is 7.32. The van der Waals surface area contributed by atoms with Gasteiger partial charge in [-0.1, -0.05) is 24.3 Å². The van der Waals surface area contributed by atoms with E-state index in [0.717, 1.165) is 12.2 Å². The van der Waals surface area contributed by atoms with Gasteiger partial charge in [-0.2, -0.15) is 0 Å². The first-order chi connectivity index (χ1) is 12.8. The third-order valence-corrected chi connectivity index (χ3v) is 4.71. The molecule has 1 aliphatic rings. The van der Waals surface area contributed by atoms with Gasteiger partial charge in [0.05, 0.1) is 13.2 Å². The third kappa shape index (κ3) is 6.03. The number of hydrogen-bond acceptors (Lipinski definition) is 3. The molecule has 2 aromatic carbocycles. The van der Waals surface area contributed by atoms with Crippen molar-refractivity contribution < 1.29 is 13.9 Å². The van der Waals surface area contributed by atoms with Gasteiger partial charge < -0.3 is 14.4 Å². The van der Waals surface area contributed by atoms with Gasteiger partial charge >= 0.3 is 0 Å². The van der Waals surface area contributed by atoms with Crippen molar-refractivity contribution in [3.8, 4) is 11.5 Å². The number of halogens is 1. The minimum Gasteiger partial charge on any atom is -0.493 e. The van der Waals surface area contributed by atoms with Crippen molar-refractivity contribution in [1.29, 1.82) is 0 Å². The van der Waals surface area contributed by atoms with E-state index in [1.165, 1.54) is 50.5 Å². The molecule has 0 bridgehead atoms. The van der Waals surface area contributed by atoms with Crippen molar-refractivity contribution in [2.24, 2.45) is 0 Å². The van der Waals surface area contributed by atoms with Gasteiger partial charge in [0.15, 0.2) is 11.6 Å². The second-order valence-electron chi connectivity index (χ2n) is 6.78. The number of aryl methyl sites for hydroxylation is 1. The van der Waals surface area contributed by atoms with E-state index in [1.807, 2.05) is 12.1 Å². The second-order valence-corrected chi connectivity index (χ2v) is 6.78. The Balaban J connectivity index is 1.29. The van der Waals surface area contributed by atoms with Crippen LogP contribution in [-0.2, 0) is 6.42 Å². The molecule has 1 saturated heterocycles. The van der Waals surface area contributed by atoms with E-state index in [9.17, 15) is 4.39 Å². The molecule has 0 aromatic heterocycles. The van der Waals surface area contributed by atoms with Crippen molar-refractivity contribution in [2.75, 3.05) is 32.8 Å². The summed E-state index contributed by atoms with van der Waals surface area (Å²) < 4.78 is 24.6. The zero-order chi connectivity index (χ0) is 18.0. The summed E-state index contributed by atoms with van der Waals surface area (Å²) in [4.78, 5) is 2.56. The van der Waals surface area contributed by atoms with Crippen LogP contribution in [0.5, 0.6) is 11.5 Å². The van der Waals surface area contributed by atoms with Crippen LogP contribution in [-0.4, -0.2) is 37.7 Å². The average Bonchev–Trinajstić information content (AvgIpc) is 3.18. The minimum absolute atomic E-state index is 0.297. The molecule has 1 heterocycles. The summed E-state index contributed by atoms with van der Waals surface area (Å²) in [5, 5.41) is 0. The zero-order valence-corrected chi connectivity index (χ0v) is 15.3. The summed E-state index contributed by atoms with van der Waals surface area (Å²) in [5.41, 5.74) is 1.36. The van der Waals surface area contributed by atoms with Crippen LogP contribution in [0.25, 0.3) is 0 Å². The predicted octanol–water partition coefficient (Wildman–Crippen LogP) is 4.70. The molecule has 3 rings (SSSR count). The number of rotatable bonds is 10. The van der Waals surface area contributed by atoms with E-state index in [2.05, 4.69) is 17.0 Å². The lowest BCUT2D eigenvalue weighted by molar-refractivity contribution is 0.241. The van der Waals surface area contributed by atoms with Crippen LogP contribution in [0.3, 0.4) is 0 Å². The highest BCUT2D eigenvalue weighted by atomic mass is 19.1. The molecule has 26 heavy (non-hydrogen) atoms. The summed E-state index contributed by atoms with van der Waals surface area (Å²) in [6.45, 7) is 4.75. The molecule has 0 atom stereocenters. The highest BCUT2D eigenvalue weighted by Gasteiger charge is 2.10.